The monoisotopic (exact) mass is 384 g/mol. The largest absolute Gasteiger partial charge is 0.460 e. The molecule has 1 saturated heterocycles. The molecule has 1 heterocycles. The van der Waals surface area contributed by atoms with E-state index in [4.69, 9.17) is 4.74 Å². The molecular weight excluding hydrogens is 360 g/mol. The maximum Gasteiger partial charge on any atom is 0.330 e. The van der Waals surface area contributed by atoms with E-state index >= 15 is 0 Å². The maximum absolute atomic E-state index is 12.6. The van der Waals surface area contributed by atoms with Crippen LogP contribution < -0.4 is 0 Å². The molecule has 1 aliphatic heterocycles. The Labute approximate surface area is 156 Å². The average Bonchev–Trinajstić information content (AvgIpc) is 2.78. The molecular formula is C17H24N2O8. The highest BCUT2D eigenvalue weighted by Crippen LogP contribution is 2.28. The normalized spacial score (nSPS) is 18.1. The van der Waals surface area contributed by atoms with Crippen LogP contribution in [0.25, 0.3) is 0 Å². The summed E-state index contributed by atoms with van der Waals surface area (Å²) in [6.45, 7) is 7.97. The third kappa shape index (κ3) is 5.63. The Kier molecular flexibility index (Phi) is 7.68. The number of rotatable bonds is 10. The van der Waals surface area contributed by atoms with Gasteiger partial charge in [0, 0.05) is 12.2 Å². The summed E-state index contributed by atoms with van der Waals surface area (Å²) < 4.78 is 9.39. The van der Waals surface area contributed by atoms with Gasteiger partial charge in [-0.15, -0.1) is 0 Å². The number of esters is 2. The van der Waals surface area contributed by atoms with Gasteiger partial charge in [-0.05, 0) is 13.8 Å². The number of carbonyl (C=O) groups excluding carboxylic acids is 4. The van der Waals surface area contributed by atoms with E-state index in [2.05, 4.69) is 17.9 Å². The second-order valence-corrected chi connectivity index (χ2v) is 6.34. The fourth-order valence-electron chi connectivity index (χ4n) is 2.39. The van der Waals surface area contributed by atoms with Crippen LogP contribution in [0.5, 0.6) is 0 Å². The van der Waals surface area contributed by atoms with Gasteiger partial charge in [-0.2, -0.15) is 0 Å². The molecule has 10 nitrogen and oxygen atoms in total. The summed E-state index contributed by atoms with van der Waals surface area (Å²) in [5.41, 5.74) is -1.28. The fraction of sp³-hybridized carbons (Fsp3) is 0.529. The van der Waals surface area contributed by atoms with E-state index in [1.165, 1.54) is 13.8 Å². The number of urea groups is 1. The number of ether oxygens (including phenoxy) is 2. The van der Waals surface area contributed by atoms with Crippen LogP contribution in [0.4, 0.5) is 4.79 Å². The lowest BCUT2D eigenvalue weighted by Crippen LogP contribution is -2.48. The first-order chi connectivity index (χ1) is 12.5. The summed E-state index contributed by atoms with van der Waals surface area (Å²) >= 11 is 0. The van der Waals surface area contributed by atoms with Gasteiger partial charge in [0.25, 0.3) is 5.91 Å². The zero-order valence-corrected chi connectivity index (χ0v) is 15.3. The third-order valence-corrected chi connectivity index (χ3v) is 3.86. The minimum atomic E-state index is -1.28. The summed E-state index contributed by atoms with van der Waals surface area (Å²) in [5, 5.41) is 19.9. The molecule has 0 saturated carbocycles. The van der Waals surface area contributed by atoms with Crippen molar-refractivity contribution in [2.24, 2.45) is 0 Å². The van der Waals surface area contributed by atoms with E-state index in [0.29, 0.717) is 0 Å². The standard InChI is InChI=1S/C17H24N2O8/c1-5-13(22)26-9-11(20)7-18-15(24)17(3,4)19(16(18)25)8-12(21)10-27-14(23)6-2/h5-6,11-12,20-21H,1-2,7-10H2,3-4H3. The predicted octanol–water partition coefficient (Wildman–Crippen LogP) is -0.791. The number of imide groups is 1. The van der Waals surface area contributed by atoms with Crippen molar-refractivity contribution in [2.75, 3.05) is 26.3 Å². The van der Waals surface area contributed by atoms with Gasteiger partial charge in [0.15, 0.2) is 0 Å². The van der Waals surface area contributed by atoms with Crippen molar-refractivity contribution in [3.63, 3.8) is 0 Å². The molecule has 10 heteroatoms. The molecule has 0 aromatic carbocycles. The second-order valence-electron chi connectivity index (χ2n) is 6.34. The molecule has 1 rings (SSSR count). The molecule has 150 valence electrons. The van der Waals surface area contributed by atoms with E-state index in [0.717, 1.165) is 22.0 Å². The first-order valence-electron chi connectivity index (χ1n) is 8.12. The Bertz CT molecular complexity index is 630. The van der Waals surface area contributed by atoms with E-state index in [9.17, 15) is 29.4 Å². The molecule has 2 N–H and O–H groups in total. The fourth-order valence-corrected chi connectivity index (χ4v) is 2.39. The Morgan fingerprint density at radius 2 is 1.48 bits per heavy atom. The summed E-state index contributed by atoms with van der Waals surface area (Å²) in [7, 11) is 0. The highest BCUT2D eigenvalue weighted by Gasteiger charge is 2.51. The van der Waals surface area contributed by atoms with Crippen LogP contribution in [0.1, 0.15) is 13.8 Å². The summed E-state index contributed by atoms with van der Waals surface area (Å²) in [6.07, 6.45) is -0.646. The number of hydrogen-bond acceptors (Lipinski definition) is 8. The van der Waals surface area contributed by atoms with Gasteiger partial charge in [0.05, 0.1) is 13.1 Å². The zero-order valence-electron chi connectivity index (χ0n) is 15.3. The molecule has 0 spiro atoms. The van der Waals surface area contributed by atoms with Crippen LogP contribution in [0.3, 0.4) is 0 Å². The molecule has 2 atom stereocenters. The lowest BCUT2D eigenvalue weighted by molar-refractivity contribution is -0.142. The molecule has 0 bridgehead atoms. The SMILES string of the molecule is C=CC(=O)OCC(O)CN1C(=O)N(CC(O)COC(=O)C=C)C(C)(C)C1=O. The van der Waals surface area contributed by atoms with Crippen LogP contribution >= 0.6 is 0 Å². The topological polar surface area (TPSA) is 134 Å². The minimum absolute atomic E-state index is 0.264. The van der Waals surface area contributed by atoms with Gasteiger partial charge in [-0.3, -0.25) is 9.69 Å². The molecule has 27 heavy (non-hydrogen) atoms. The Hall–Kier alpha value is -2.72. The van der Waals surface area contributed by atoms with Gasteiger partial charge in [0.2, 0.25) is 0 Å². The van der Waals surface area contributed by atoms with Gasteiger partial charge in [-0.1, -0.05) is 13.2 Å². The van der Waals surface area contributed by atoms with Gasteiger partial charge < -0.3 is 24.6 Å². The molecule has 3 amide bonds. The number of carbonyl (C=O) groups is 4. The number of aliphatic hydroxyl groups excluding tert-OH is 2. The molecule has 1 fully saturated rings. The zero-order chi connectivity index (χ0) is 20.8. The highest BCUT2D eigenvalue weighted by atomic mass is 16.5. The van der Waals surface area contributed by atoms with Crippen molar-refractivity contribution < 1.29 is 38.9 Å². The smallest absolute Gasteiger partial charge is 0.330 e. The first-order valence-corrected chi connectivity index (χ1v) is 8.12. The van der Waals surface area contributed by atoms with Gasteiger partial charge in [0.1, 0.15) is 31.0 Å². The lowest BCUT2D eigenvalue weighted by Gasteiger charge is -2.29. The van der Waals surface area contributed by atoms with Crippen molar-refractivity contribution >= 4 is 23.9 Å². The number of aliphatic hydroxyl groups is 2. The van der Waals surface area contributed by atoms with E-state index in [-0.39, 0.29) is 19.7 Å². The molecule has 0 aromatic rings. The van der Waals surface area contributed by atoms with Crippen LogP contribution in [0.2, 0.25) is 0 Å². The van der Waals surface area contributed by atoms with E-state index in [1.807, 2.05) is 0 Å². The number of nitrogens with zero attached hydrogens (tertiary/aromatic N) is 2. The van der Waals surface area contributed by atoms with Crippen LogP contribution in [0.15, 0.2) is 25.3 Å². The lowest BCUT2D eigenvalue weighted by atomic mass is 10.0. The summed E-state index contributed by atoms with van der Waals surface area (Å²) in [4.78, 5) is 49.1. The molecule has 0 aromatic heterocycles. The van der Waals surface area contributed by atoms with Crippen LogP contribution in [0, 0.1) is 0 Å². The van der Waals surface area contributed by atoms with Crippen LogP contribution in [-0.2, 0) is 23.9 Å². The minimum Gasteiger partial charge on any atom is -0.460 e. The first kappa shape index (κ1) is 22.3. The second kappa shape index (κ2) is 9.28. The highest BCUT2D eigenvalue weighted by molar-refractivity contribution is 6.06. The van der Waals surface area contributed by atoms with E-state index < -0.39 is 48.2 Å². The van der Waals surface area contributed by atoms with Crippen molar-refractivity contribution in [2.45, 2.75) is 31.6 Å². The third-order valence-electron chi connectivity index (χ3n) is 3.86. The summed E-state index contributed by atoms with van der Waals surface area (Å²) in [5.74, 6) is -2.06. The Balaban J connectivity index is 2.73. The van der Waals surface area contributed by atoms with Crippen molar-refractivity contribution in [3.8, 4) is 0 Å². The number of amides is 3. The quantitative estimate of drug-likeness (QED) is 0.284. The Morgan fingerprint density at radius 1 is 1.04 bits per heavy atom. The predicted molar refractivity (Wildman–Crippen MR) is 92.2 cm³/mol. The number of hydrogen-bond donors (Lipinski definition) is 2. The molecule has 2 unspecified atom stereocenters. The molecule has 1 aliphatic rings. The van der Waals surface area contributed by atoms with E-state index in [1.54, 1.807) is 0 Å². The maximum atomic E-state index is 12.6. The van der Waals surface area contributed by atoms with Crippen molar-refractivity contribution in [3.05, 3.63) is 25.3 Å². The molecule has 0 aliphatic carbocycles. The molecule has 0 radical (unpaired) electrons. The van der Waals surface area contributed by atoms with Crippen LogP contribution in [-0.4, -0.2) is 87.9 Å². The van der Waals surface area contributed by atoms with Gasteiger partial charge >= 0.3 is 18.0 Å². The van der Waals surface area contributed by atoms with Crippen molar-refractivity contribution in [1.29, 1.82) is 0 Å². The average molecular weight is 384 g/mol. The van der Waals surface area contributed by atoms with Crippen molar-refractivity contribution in [1.82, 2.24) is 9.80 Å². The van der Waals surface area contributed by atoms with Gasteiger partial charge in [-0.25, -0.2) is 14.4 Å². The summed E-state index contributed by atoms with van der Waals surface area (Å²) in [6, 6.07) is -0.729. The number of β-amino-alcohol motifs (C(OH)–C–C–N with tert-alkyl or cyclic N) is 2. The Morgan fingerprint density at radius 3 is 1.93 bits per heavy atom.